The summed E-state index contributed by atoms with van der Waals surface area (Å²) in [5.74, 6) is 0.0207. The van der Waals surface area contributed by atoms with Crippen molar-refractivity contribution in [1.29, 1.82) is 0 Å². The highest BCUT2D eigenvalue weighted by atomic mass is 79.9. The van der Waals surface area contributed by atoms with Crippen molar-refractivity contribution in [3.05, 3.63) is 58.7 Å². The van der Waals surface area contributed by atoms with Crippen LogP contribution in [0.25, 0.3) is 10.8 Å². The van der Waals surface area contributed by atoms with Crippen LogP contribution in [0.4, 0.5) is 0 Å². The Morgan fingerprint density at radius 3 is 2.44 bits per heavy atom. The Labute approximate surface area is 115 Å². The minimum atomic E-state index is 0.0207. The highest BCUT2D eigenvalue weighted by Gasteiger charge is 2.08. The lowest BCUT2D eigenvalue weighted by Crippen LogP contribution is -2.03. The van der Waals surface area contributed by atoms with Gasteiger partial charge in [0.1, 0.15) is 0 Å². The molecule has 0 radical (unpaired) electrons. The predicted octanol–water partition coefficient (Wildman–Crippen LogP) is 3.86. The Morgan fingerprint density at radius 1 is 1.11 bits per heavy atom. The molecule has 0 fully saturated rings. The van der Waals surface area contributed by atoms with E-state index in [-0.39, 0.29) is 5.78 Å². The van der Waals surface area contributed by atoms with Crippen LogP contribution in [0.15, 0.2) is 53.1 Å². The molecule has 18 heavy (non-hydrogen) atoms. The molecule has 0 saturated heterocycles. The van der Waals surface area contributed by atoms with Crippen LogP contribution in [0, 0.1) is 0 Å². The summed E-state index contributed by atoms with van der Waals surface area (Å²) in [5, 5.41) is 2.03. The van der Waals surface area contributed by atoms with Gasteiger partial charge in [-0.15, -0.1) is 0 Å². The number of carbonyl (C=O) groups excluding carboxylic acids is 1. The maximum absolute atomic E-state index is 12.1. The summed E-state index contributed by atoms with van der Waals surface area (Å²) in [6, 6.07) is 11.7. The summed E-state index contributed by atoms with van der Waals surface area (Å²) in [4.78, 5) is 14.0. The molecular weight excluding hydrogens is 290 g/mol. The fraction of sp³-hybridized carbons (Fsp3) is 0.133. The van der Waals surface area contributed by atoms with Crippen LogP contribution in [0.5, 0.6) is 0 Å². The van der Waals surface area contributed by atoms with Gasteiger partial charge in [-0.05, 0) is 22.9 Å². The van der Waals surface area contributed by atoms with E-state index in [1.165, 1.54) is 0 Å². The van der Waals surface area contributed by atoms with Crippen LogP contribution < -0.4 is 0 Å². The number of ketones is 1. The largest absolute Gasteiger partial charge is 0.383 e. The van der Waals surface area contributed by atoms with Gasteiger partial charge in [-0.3, -0.25) is 4.79 Å². The van der Waals surface area contributed by atoms with Gasteiger partial charge < -0.3 is 4.90 Å². The van der Waals surface area contributed by atoms with E-state index < -0.39 is 0 Å². The highest BCUT2D eigenvalue weighted by molar-refractivity contribution is 9.10. The zero-order valence-corrected chi connectivity index (χ0v) is 11.9. The number of nitrogens with zero attached hydrogens (tertiary/aromatic N) is 1. The van der Waals surface area contributed by atoms with Crippen molar-refractivity contribution >= 4 is 32.5 Å². The second-order valence-electron chi connectivity index (χ2n) is 4.28. The van der Waals surface area contributed by atoms with E-state index in [0.717, 1.165) is 20.8 Å². The van der Waals surface area contributed by atoms with Gasteiger partial charge in [-0.1, -0.05) is 40.2 Å². The van der Waals surface area contributed by atoms with Crippen molar-refractivity contribution in [2.75, 3.05) is 14.1 Å². The fourth-order valence-corrected chi connectivity index (χ4v) is 2.26. The molecule has 0 aliphatic rings. The van der Waals surface area contributed by atoms with Crippen LogP contribution in [-0.2, 0) is 0 Å². The van der Waals surface area contributed by atoms with E-state index in [2.05, 4.69) is 15.9 Å². The van der Waals surface area contributed by atoms with Crippen molar-refractivity contribution in [1.82, 2.24) is 4.90 Å². The topological polar surface area (TPSA) is 20.3 Å². The van der Waals surface area contributed by atoms with Crippen molar-refractivity contribution in [2.24, 2.45) is 0 Å². The molecular formula is C15H14BrNO. The summed E-state index contributed by atoms with van der Waals surface area (Å²) in [6.07, 6.45) is 3.36. The Hall–Kier alpha value is -1.61. The van der Waals surface area contributed by atoms with Gasteiger partial charge in [0.05, 0.1) is 0 Å². The second kappa shape index (κ2) is 5.36. The Bertz CT molecular complexity index is 617. The average Bonchev–Trinajstić information content (AvgIpc) is 2.37. The van der Waals surface area contributed by atoms with Gasteiger partial charge in [0.15, 0.2) is 5.78 Å². The molecule has 0 saturated carbocycles. The third kappa shape index (κ3) is 2.62. The zero-order chi connectivity index (χ0) is 13.1. The van der Waals surface area contributed by atoms with Crippen LogP contribution in [0.2, 0.25) is 0 Å². The van der Waals surface area contributed by atoms with Gasteiger partial charge in [0.25, 0.3) is 0 Å². The normalized spacial score (nSPS) is 11.1. The van der Waals surface area contributed by atoms with Gasteiger partial charge in [0, 0.05) is 36.4 Å². The summed E-state index contributed by atoms with van der Waals surface area (Å²) < 4.78 is 1.01. The molecule has 2 aromatic rings. The fourth-order valence-electron chi connectivity index (χ4n) is 1.78. The molecule has 0 heterocycles. The smallest absolute Gasteiger partial charge is 0.187 e. The first kappa shape index (κ1) is 12.8. The molecule has 2 nitrogen and oxygen atoms in total. The number of carbonyl (C=O) groups is 1. The van der Waals surface area contributed by atoms with Crippen molar-refractivity contribution in [3.8, 4) is 0 Å². The average molecular weight is 304 g/mol. The van der Waals surface area contributed by atoms with Crippen LogP contribution >= 0.6 is 15.9 Å². The maximum atomic E-state index is 12.1. The van der Waals surface area contributed by atoms with Crippen molar-refractivity contribution in [3.63, 3.8) is 0 Å². The Morgan fingerprint density at radius 2 is 1.78 bits per heavy atom. The molecule has 0 unspecified atom stereocenters. The van der Waals surface area contributed by atoms with Crippen LogP contribution in [0.3, 0.4) is 0 Å². The molecule has 0 aliphatic heterocycles. The molecule has 0 spiro atoms. The minimum Gasteiger partial charge on any atom is -0.383 e. The molecule has 0 N–H and O–H groups in total. The Balaban J connectivity index is 2.52. The standard InChI is InChI=1S/C15H14BrNO/c1-17(2)10-9-15(18)13-7-8-14(16)12-6-4-3-5-11(12)13/h3-10H,1-2H3/b10-9+. The first-order valence-electron chi connectivity index (χ1n) is 5.66. The second-order valence-corrected chi connectivity index (χ2v) is 5.14. The first-order chi connectivity index (χ1) is 8.59. The summed E-state index contributed by atoms with van der Waals surface area (Å²) in [6.45, 7) is 0. The molecule has 2 aromatic carbocycles. The van der Waals surface area contributed by atoms with E-state index in [1.807, 2.05) is 55.4 Å². The number of hydrogen-bond donors (Lipinski definition) is 0. The van der Waals surface area contributed by atoms with Gasteiger partial charge in [-0.25, -0.2) is 0 Å². The van der Waals surface area contributed by atoms with E-state index in [1.54, 1.807) is 12.3 Å². The number of rotatable bonds is 3. The van der Waals surface area contributed by atoms with E-state index >= 15 is 0 Å². The highest BCUT2D eigenvalue weighted by Crippen LogP contribution is 2.27. The third-order valence-corrected chi connectivity index (χ3v) is 3.35. The molecule has 92 valence electrons. The number of hydrogen-bond acceptors (Lipinski definition) is 2. The zero-order valence-electron chi connectivity index (χ0n) is 10.4. The minimum absolute atomic E-state index is 0.0207. The van der Waals surface area contributed by atoms with Crippen LogP contribution in [0.1, 0.15) is 10.4 Å². The molecule has 2 rings (SSSR count). The van der Waals surface area contributed by atoms with Gasteiger partial charge in [-0.2, -0.15) is 0 Å². The van der Waals surface area contributed by atoms with E-state index in [4.69, 9.17) is 0 Å². The third-order valence-electron chi connectivity index (χ3n) is 2.66. The monoisotopic (exact) mass is 303 g/mol. The lowest BCUT2D eigenvalue weighted by atomic mass is 10.0. The Kier molecular flexibility index (Phi) is 3.82. The lowest BCUT2D eigenvalue weighted by molar-refractivity contribution is 0.104. The molecule has 0 bridgehead atoms. The molecule has 3 heteroatoms. The molecule has 0 aromatic heterocycles. The SMILES string of the molecule is CN(C)/C=C/C(=O)c1ccc(Br)c2ccccc12. The molecule has 0 amide bonds. The number of benzene rings is 2. The molecule has 0 atom stereocenters. The maximum Gasteiger partial charge on any atom is 0.187 e. The van der Waals surface area contributed by atoms with Crippen molar-refractivity contribution in [2.45, 2.75) is 0 Å². The number of halogens is 1. The quantitative estimate of drug-likeness (QED) is 0.634. The summed E-state index contributed by atoms with van der Waals surface area (Å²) in [7, 11) is 3.78. The van der Waals surface area contributed by atoms with Crippen LogP contribution in [-0.4, -0.2) is 24.8 Å². The predicted molar refractivity (Wildman–Crippen MR) is 78.8 cm³/mol. The summed E-state index contributed by atoms with van der Waals surface area (Å²) >= 11 is 3.50. The first-order valence-corrected chi connectivity index (χ1v) is 6.45. The number of fused-ring (bicyclic) bond motifs is 1. The van der Waals surface area contributed by atoms with Gasteiger partial charge >= 0.3 is 0 Å². The van der Waals surface area contributed by atoms with Crippen molar-refractivity contribution < 1.29 is 4.79 Å². The molecule has 0 aliphatic carbocycles. The van der Waals surface area contributed by atoms with E-state index in [9.17, 15) is 4.79 Å². The summed E-state index contributed by atoms with van der Waals surface area (Å²) in [5.41, 5.74) is 0.729. The van der Waals surface area contributed by atoms with E-state index in [0.29, 0.717) is 0 Å². The number of allylic oxidation sites excluding steroid dienone is 1. The van der Waals surface area contributed by atoms with Gasteiger partial charge in [0.2, 0.25) is 0 Å². The lowest BCUT2D eigenvalue weighted by Gasteiger charge is -2.06.